The fraction of sp³-hybridized carbons (Fsp3) is 0.625. The van der Waals surface area contributed by atoms with Gasteiger partial charge in [0, 0.05) is 26.2 Å². The molecule has 12 heavy (non-hydrogen) atoms. The number of nitrogens with one attached hydrogen (secondary N) is 1. The second-order valence-electron chi connectivity index (χ2n) is 2.83. The van der Waals surface area contributed by atoms with E-state index in [2.05, 4.69) is 5.32 Å². The van der Waals surface area contributed by atoms with Crippen LogP contribution in [0.5, 0.6) is 0 Å². The highest BCUT2D eigenvalue weighted by atomic mass is 16.2. The summed E-state index contributed by atoms with van der Waals surface area (Å²) in [5.41, 5.74) is 0. The molecule has 0 aliphatic carbocycles. The minimum absolute atomic E-state index is 0.163. The standard InChI is InChI=1S/C8H13N2O2/c1-7(11)6-8(12)10-4-2-9-3-5-10/h6,9H,2-5H2,1H3. The van der Waals surface area contributed by atoms with Crippen LogP contribution < -0.4 is 5.32 Å². The minimum Gasteiger partial charge on any atom is -0.339 e. The van der Waals surface area contributed by atoms with Crippen molar-refractivity contribution in [2.45, 2.75) is 6.92 Å². The zero-order valence-corrected chi connectivity index (χ0v) is 7.17. The van der Waals surface area contributed by atoms with Crippen LogP contribution in [0.25, 0.3) is 0 Å². The Morgan fingerprint density at radius 3 is 2.42 bits per heavy atom. The van der Waals surface area contributed by atoms with Crippen molar-refractivity contribution in [1.29, 1.82) is 0 Å². The molecule has 1 fully saturated rings. The van der Waals surface area contributed by atoms with Crippen molar-refractivity contribution < 1.29 is 9.59 Å². The van der Waals surface area contributed by atoms with Gasteiger partial charge in [-0.3, -0.25) is 9.59 Å². The minimum atomic E-state index is -0.182. The Bertz CT molecular complexity index is 185. The van der Waals surface area contributed by atoms with E-state index in [4.69, 9.17) is 0 Å². The maximum Gasteiger partial charge on any atom is 0.234 e. The van der Waals surface area contributed by atoms with Crippen LogP contribution in [0.15, 0.2) is 0 Å². The van der Waals surface area contributed by atoms with Crippen molar-refractivity contribution >= 4 is 11.7 Å². The van der Waals surface area contributed by atoms with Gasteiger partial charge in [-0.05, 0) is 6.92 Å². The number of carbonyl (C=O) groups excluding carboxylic acids is 2. The predicted octanol–water partition coefficient (Wildman–Crippen LogP) is -0.789. The number of hydrogen-bond donors (Lipinski definition) is 1. The zero-order chi connectivity index (χ0) is 8.97. The molecule has 67 valence electrons. The van der Waals surface area contributed by atoms with Crippen LogP contribution in [0.4, 0.5) is 0 Å². The van der Waals surface area contributed by atoms with E-state index >= 15 is 0 Å². The molecular weight excluding hydrogens is 156 g/mol. The summed E-state index contributed by atoms with van der Waals surface area (Å²) in [4.78, 5) is 23.5. The smallest absolute Gasteiger partial charge is 0.234 e. The second-order valence-corrected chi connectivity index (χ2v) is 2.83. The largest absolute Gasteiger partial charge is 0.339 e. The van der Waals surface area contributed by atoms with Crippen LogP contribution in [0.3, 0.4) is 0 Å². The first-order valence-corrected chi connectivity index (χ1v) is 4.05. The summed E-state index contributed by atoms with van der Waals surface area (Å²) in [5, 5.41) is 3.13. The molecule has 4 nitrogen and oxygen atoms in total. The van der Waals surface area contributed by atoms with E-state index in [0.717, 1.165) is 19.5 Å². The molecule has 4 heteroatoms. The van der Waals surface area contributed by atoms with Crippen molar-refractivity contribution in [2.24, 2.45) is 0 Å². The fourth-order valence-corrected chi connectivity index (χ4v) is 1.15. The van der Waals surface area contributed by atoms with E-state index in [9.17, 15) is 9.59 Å². The van der Waals surface area contributed by atoms with Gasteiger partial charge in [0.25, 0.3) is 0 Å². The summed E-state index contributed by atoms with van der Waals surface area (Å²) in [6.07, 6.45) is 1.14. The average Bonchev–Trinajstić information content (AvgIpc) is 2.05. The lowest BCUT2D eigenvalue weighted by Gasteiger charge is -2.26. The molecule has 1 N–H and O–H groups in total. The average molecular weight is 169 g/mol. The first kappa shape index (κ1) is 9.19. The van der Waals surface area contributed by atoms with Crippen molar-refractivity contribution in [3.05, 3.63) is 6.42 Å². The van der Waals surface area contributed by atoms with Crippen LogP contribution in [0.2, 0.25) is 0 Å². The fourth-order valence-electron chi connectivity index (χ4n) is 1.15. The van der Waals surface area contributed by atoms with Crippen LogP contribution in [0.1, 0.15) is 6.92 Å². The number of piperazine rings is 1. The number of amides is 1. The Balaban J connectivity index is 2.34. The summed E-state index contributed by atoms with van der Waals surface area (Å²) in [7, 11) is 0. The number of carbonyl (C=O) groups is 2. The van der Waals surface area contributed by atoms with Gasteiger partial charge in [-0.2, -0.15) is 0 Å². The summed E-state index contributed by atoms with van der Waals surface area (Å²) in [6, 6.07) is 0. The molecule has 0 aromatic rings. The molecule has 1 aliphatic rings. The Labute approximate surface area is 71.9 Å². The number of Topliss-reactive ketones (excluding diaryl/α,β-unsaturated/α-hetero) is 1. The summed E-state index contributed by atoms with van der Waals surface area (Å²) < 4.78 is 0. The maximum atomic E-state index is 11.2. The Morgan fingerprint density at radius 2 is 1.92 bits per heavy atom. The lowest BCUT2D eigenvalue weighted by atomic mass is 10.2. The van der Waals surface area contributed by atoms with Crippen LogP contribution in [-0.4, -0.2) is 42.8 Å². The maximum absolute atomic E-state index is 11.2. The van der Waals surface area contributed by atoms with E-state index in [1.54, 1.807) is 4.90 Å². The van der Waals surface area contributed by atoms with Crippen LogP contribution in [0, 0.1) is 6.42 Å². The Kier molecular flexibility index (Phi) is 3.22. The number of rotatable bonds is 2. The first-order chi connectivity index (χ1) is 5.70. The zero-order valence-electron chi connectivity index (χ0n) is 7.17. The van der Waals surface area contributed by atoms with Crippen molar-refractivity contribution in [3.8, 4) is 0 Å². The molecule has 0 aromatic heterocycles. The van der Waals surface area contributed by atoms with E-state index in [1.807, 2.05) is 0 Å². The molecule has 0 bridgehead atoms. The Hall–Kier alpha value is -0.900. The first-order valence-electron chi connectivity index (χ1n) is 4.05. The predicted molar refractivity (Wildman–Crippen MR) is 44.4 cm³/mol. The van der Waals surface area contributed by atoms with Crippen molar-refractivity contribution in [2.75, 3.05) is 26.2 Å². The van der Waals surface area contributed by atoms with Crippen molar-refractivity contribution in [1.82, 2.24) is 10.2 Å². The summed E-state index contributed by atoms with van der Waals surface area (Å²) in [5.74, 6) is -0.345. The van der Waals surface area contributed by atoms with Gasteiger partial charge < -0.3 is 10.2 Å². The molecule has 0 atom stereocenters. The molecule has 1 radical (unpaired) electrons. The van der Waals surface area contributed by atoms with E-state index in [0.29, 0.717) is 13.1 Å². The lowest BCUT2D eigenvalue weighted by Crippen LogP contribution is -2.46. The van der Waals surface area contributed by atoms with Gasteiger partial charge in [0.1, 0.15) is 12.2 Å². The molecule has 0 aromatic carbocycles. The summed E-state index contributed by atoms with van der Waals surface area (Å²) in [6.45, 7) is 4.42. The Morgan fingerprint density at radius 1 is 1.33 bits per heavy atom. The van der Waals surface area contributed by atoms with Gasteiger partial charge >= 0.3 is 0 Å². The van der Waals surface area contributed by atoms with Gasteiger partial charge in [0.15, 0.2) is 0 Å². The SMILES string of the molecule is CC(=O)[CH]C(=O)N1CCNCC1. The highest BCUT2D eigenvalue weighted by molar-refractivity contribution is 6.08. The number of ketones is 1. The normalized spacial score (nSPS) is 17.6. The van der Waals surface area contributed by atoms with Crippen LogP contribution >= 0.6 is 0 Å². The third-order valence-electron chi connectivity index (χ3n) is 1.76. The van der Waals surface area contributed by atoms with Gasteiger partial charge in [-0.1, -0.05) is 0 Å². The highest BCUT2D eigenvalue weighted by Gasteiger charge is 2.17. The van der Waals surface area contributed by atoms with E-state index < -0.39 is 0 Å². The molecule has 1 saturated heterocycles. The monoisotopic (exact) mass is 169 g/mol. The molecular formula is C8H13N2O2. The summed E-state index contributed by atoms with van der Waals surface area (Å²) >= 11 is 0. The van der Waals surface area contributed by atoms with Gasteiger partial charge in [0.2, 0.25) is 5.91 Å². The van der Waals surface area contributed by atoms with Crippen molar-refractivity contribution in [3.63, 3.8) is 0 Å². The highest BCUT2D eigenvalue weighted by Crippen LogP contribution is 1.96. The van der Waals surface area contributed by atoms with Crippen LogP contribution in [-0.2, 0) is 9.59 Å². The van der Waals surface area contributed by atoms with E-state index in [-0.39, 0.29) is 11.7 Å². The number of hydrogen-bond acceptors (Lipinski definition) is 3. The third-order valence-corrected chi connectivity index (χ3v) is 1.76. The number of nitrogens with zero attached hydrogens (tertiary/aromatic N) is 1. The molecule has 1 heterocycles. The molecule has 1 amide bonds. The van der Waals surface area contributed by atoms with Gasteiger partial charge in [0.05, 0.1) is 0 Å². The lowest BCUT2D eigenvalue weighted by molar-refractivity contribution is -0.130. The molecule has 0 spiro atoms. The van der Waals surface area contributed by atoms with E-state index in [1.165, 1.54) is 6.92 Å². The molecule has 0 unspecified atom stereocenters. The second kappa shape index (κ2) is 4.21. The quantitative estimate of drug-likeness (QED) is 0.551. The molecule has 1 rings (SSSR count). The molecule has 1 aliphatic heterocycles. The molecule has 0 saturated carbocycles. The topological polar surface area (TPSA) is 49.4 Å². The van der Waals surface area contributed by atoms with Gasteiger partial charge in [-0.15, -0.1) is 0 Å². The third kappa shape index (κ3) is 2.62. The van der Waals surface area contributed by atoms with Gasteiger partial charge in [-0.25, -0.2) is 0 Å².